The van der Waals surface area contributed by atoms with Gasteiger partial charge >= 0.3 is 6.09 Å². The number of carbonyl (C=O) groups excluding carboxylic acids is 3. The summed E-state index contributed by atoms with van der Waals surface area (Å²) >= 11 is 0. The Morgan fingerprint density at radius 3 is 2.36 bits per heavy atom. The summed E-state index contributed by atoms with van der Waals surface area (Å²) in [6, 6.07) is 5.81. The van der Waals surface area contributed by atoms with Crippen LogP contribution in [0.3, 0.4) is 0 Å². The largest absolute Gasteiger partial charge is 0.457 e. The van der Waals surface area contributed by atoms with E-state index in [2.05, 4.69) is 20.3 Å². The molecule has 59 heavy (non-hydrogen) atoms. The van der Waals surface area contributed by atoms with E-state index < -0.39 is 60.2 Å². The molecule has 6 atom stereocenters. The molecular weight excluding hydrogens is 766 g/mol. The maximum atomic E-state index is 16.1. The van der Waals surface area contributed by atoms with Crippen LogP contribution in [-0.4, -0.2) is 85.3 Å². The molecule has 0 radical (unpaired) electrons. The Labute approximate surface area is 340 Å². The molecule has 2 aromatic carbocycles. The zero-order valence-corrected chi connectivity index (χ0v) is 34.2. The van der Waals surface area contributed by atoms with Gasteiger partial charge in [0.15, 0.2) is 0 Å². The zero-order valence-electron chi connectivity index (χ0n) is 34.2. The number of halogens is 3. The highest BCUT2D eigenvalue weighted by molar-refractivity contribution is 5.87. The summed E-state index contributed by atoms with van der Waals surface area (Å²) in [7, 11) is 1.28. The quantitative estimate of drug-likeness (QED) is 0.136. The van der Waals surface area contributed by atoms with Crippen molar-refractivity contribution < 1.29 is 37.0 Å². The molecule has 5 heterocycles. The van der Waals surface area contributed by atoms with Crippen LogP contribution in [0, 0.1) is 23.6 Å². The molecular formula is C43H51F3N8O5. The van der Waals surface area contributed by atoms with Crippen molar-refractivity contribution in [3.8, 4) is 34.0 Å². The standard InChI is InChI=1S/C43H51F3N8O5/c1-20(2)34(47)39(55)53-19-43(45,46)16-31(53)37-48-18-30(51-37)25-14-33-27(15-28(25)44)42(5,6)26-13-22(9-11-32(26)59-33)29-17-49-38(50-29)36-23-8-10-24(12-23)54(36)40(56)35(21(3)4)52-41(57)58-7/h9,11,13-15,17-18,20-21,23-24,31,34-36H,8,10,12,16,19,47H2,1-7H3,(H,48,51)(H,49,50)(H,52,57). The van der Waals surface area contributed by atoms with Gasteiger partial charge in [0.1, 0.15) is 35.0 Å². The number of aromatic amines is 2. The summed E-state index contributed by atoms with van der Waals surface area (Å²) < 4.78 is 56.7. The van der Waals surface area contributed by atoms with Crippen molar-refractivity contribution in [1.82, 2.24) is 35.1 Å². The first-order chi connectivity index (χ1) is 27.9. The number of nitrogens with two attached hydrogens (primary N) is 1. The number of carbonyl (C=O) groups is 3. The molecule has 2 saturated heterocycles. The van der Waals surface area contributed by atoms with E-state index in [1.807, 2.05) is 50.8 Å². The van der Waals surface area contributed by atoms with Gasteiger partial charge < -0.3 is 40.3 Å². The lowest BCUT2D eigenvalue weighted by molar-refractivity contribution is -0.139. The number of alkyl carbamates (subject to hydrolysis) is 1. The molecule has 1 aliphatic carbocycles. The molecule has 5 N–H and O–H groups in total. The van der Waals surface area contributed by atoms with Crippen molar-refractivity contribution in [3.63, 3.8) is 0 Å². The number of rotatable bonds is 9. The van der Waals surface area contributed by atoms with Gasteiger partial charge in [-0.1, -0.05) is 41.5 Å². The molecule has 4 aromatic rings. The maximum absolute atomic E-state index is 16.1. The molecule has 2 aromatic heterocycles. The minimum atomic E-state index is -3.13. The van der Waals surface area contributed by atoms with E-state index in [9.17, 15) is 23.2 Å². The number of methoxy groups -OCH3 is 1. The first kappa shape index (κ1) is 40.4. The average Bonchev–Trinajstić information content (AvgIpc) is 4.04. The van der Waals surface area contributed by atoms with Gasteiger partial charge in [-0.15, -0.1) is 0 Å². The number of hydrogen-bond donors (Lipinski definition) is 4. The number of benzene rings is 2. The van der Waals surface area contributed by atoms with Gasteiger partial charge in [0.05, 0.1) is 55.6 Å². The van der Waals surface area contributed by atoms with Gasteiger partial charge in [-0.05, 0) is 67.3 Å². The number of alkyl halides is 2. The predicted octanol–water partition coefficient (Wildman–Crippen LogP) is 7.36. The molecule has 1 saturated carbocycles. The second-order valence-electron chi connectivity index (χ2n) is 17.7. The third-order valence-corrected chi connectivity index (χ3v) is 12.8. The number of amides is 3. The molecule has 2 bridgehead atoms. The van der Waals surface area contributed by atoms with E-state index in [4.69, 9.17) is 20.2 Å². The third-order valence-electron chi connectivity index (χ3n) is 12.8. The number of nitrogens with one attached hydrogen (secondary N) is 3. The lowest BCUT2D eigenvalue weighted by atomic mass is 9.75. The molecule has 13 nitrogen and oxygen atoms in total. The first-order valence-electron chi connectivity index (χ1n) is 20.3. The molecule has 3 aliphatic heterocycles. The molecule has 3 amide bonds. The Morgan fingerprint density at radius 2 is 1.64 bits per heavy atom. The van der Waals surface area contributed by atoms with Crippen LogP contribution in [0.15, 0.2) is 42.7 Å². The summed E-state index contributed by atoms with van der Waals surface area (Å²) in [6.45, 7) is 10.5. The summed E-state index contributed by atoms with van der Waals surface area (Å²) in [5, 5.41) is 2.73. The van der Waals surface area contributed by atoms with Gasteiger partial charge in [-0.3, -0.25) is 9.59 Å². The topological polar surface area (TPSA) is 172 Å². The predicted molar refractivity (Wildman–Crippen MR) is 212 cm³/mol. The van der Waals surface area contributed by atoms with Crippen molar-refractivity contribution in [1.29, 1.82) is 0 Å². The number of hydrogen-bond acceptors (Lipinski definition) is 8. The molecule has 4 aliphatic rings. The van der Waals surface area contributed by atoms with Gasteiger partial charge in [0.25, 0.3) is 5.92 Å². The lowest BCUT2D eigenvalue weighted by Crippen LogP contribution is -2.54. The number of fused-ring (bicyclic) bond motifs is 4. The molecule has 6 unspecified atom stereocenters. The normalized spacial score (nSPS) is 23.5. The molecule has 8 rings (SSSR count). The van der Waals surface area contributed by atoms with Crippen molar-refractivity contribution in [2.24, 2.45) is 23.5 Å². The van der Waals surface area contributed by atoms with E-state index in [0.717, 1.165) is 41.0 Å². The van der Waals surface area contributed by atoms with Crippen LogP contribution in [0.25, 0.3) is 22.5 Å². The molecule has 314 valence electrons. The third kappa shape index (κ3) is 7.02. The number of H-pyrrole nitrogens is 2. The summed E-state index contributed by atoms with van der Waals surface area (Å²) in [4.78, 5) is 57.9. The fourth-order valence-electron chi connectivity index (χ4n) is 9.43. The Kier molecular flexibility index (Phi) is 10.1. The summed E-state index contributed by atoms with van der Waals surface area (Å²) in [5.41, 5.74) is 8.76. The van der Waals surface area contributed by atoms with Crippen LogP contribution in [0.5, 0.6) is 11.5 Å². The number of piperidine rings is 1. The number of imidazole rings is 2. The van der Waals surface area contributed by atoms with E-state index >= 15 is 4.39 Å². The zero-order chi connectivity index (χ0) is 42.3. The van der Waals surface area contributed by atoms with Gasteiger partial charge in [0, 0.05) is 40.1 Å². The van der Waals surface area contributed by atoms with E-state index in [-0.39, 0.29) is 52.8 Å². The Hall–Kier alpha value is -5.38. The minimum absolute atomic E-state index is 0.0557. The highest BCUT2D eigenvalue weighted by Crippen LogP contribution is 2.52. The van der Waals surface area contributed by atoms with Crippen molar-refractivity contribution >= 4 is 17.9 Å². The van der Waals surface area contributed by atoms with Crippen molar-refractivity contribution in [2.45, 2.75) is 109 Å². The first-order valence-corrected chi connectivity index (χ1v) is 20.3. The Balaban J connectivity index is 1.05. The SMILES string of the molecule is COC(=O)NC(C(=O)N1C2CCC(C2)C1c1ncc(-c2ccc3c(c2)C(C)(C)c2cc(F)c(-c4cnc(C5CC(F)(F)CN5C(=O)C(N)C(C)C)[nH]4)cc2O3)[nH]1)C(C)C. The monoisotopic (exact) mass is 816 g/mol. The highest BCUT2D eigenvalue weighted by Gasteiger charge is 2.52. The summed E-state index contributed by atoms with van der Waals surface area (Å²) in [5.74, 6) is -2.80. The number of ether oxygens (including phenoxy) is 2. The maximum Gasteiger partial charge on any atom is 0.407 e. The Bertz CT molecular complexity index is 2300. The second kappa shape index (κ2) is 14.7. The number of likely N-dealkylation sites (tertiary alicyclic amines) is 2. The van der Waals surface area contributed by atoms with Gasteiger partial charge in [-0.25, -0.2) is 27.9 Å². The van der Waals surface area contributed by atoms with Crippen molar-refractivity contribution in [2.75, 3.05) is 13.7 Å². The smallest absolute Gasteiger partial charge is 0.407 e. The summed E-state index contributed by atoms with van der Waals surface area (Å²) in [6.07, 6.45) is 4.59. The lowest BCUT2D eigenvalue weighted by Gasteiger charge is -2.37. The molecule has 0 spiro atoms. The fourth-order valence-corrected chi connectivity index (χ4v) is 9.43. The van der Waals surface area contributed by atoms with E-state index in [1.54, 1.807) is 26.1 Å². The van der Waals surface area contributed by atoms with Gasteiger partial charge in [-0.2, -0.15) is 0 Å². The van der Waals surface area contributed by atoms with Crippen LogP contribution in [-0.2, 0) is 19.7 Å². The second-order valence-corrected chi connectivity index (χ2v) is 17.7. The van der Waals surface area contributed by atoms with E-state index in [0.29, 0.717) is 22.9 Å². The van der Waals surface area contributed by atoms with Gasteiger partial charge in [0.2, 0.25) is 11.8 Å². The van der Waals surface area contributed by atoms with Crippen LogP contribution in [0.2, 0.25) is 0 Å². The fraction of sp³-hybridized carbons (Fsp3) is 0.512. The van der Waals surface area contributed by atoms with E-state index in [1.165, 1.54) is 19.4 Å². The van der Waals surface area contributed by atoms with Crippen LogP contribution >= 0.6 is 0 Å². The number of aromatic nitrogens is 4. The minimum Gasteiger partial charge on any atom is -0.457 e. The average molecular weight is 817 g/mol. The number of nitrogens with zero attached hydrogens (tertiary/aromatic N) is 4. The van der Waals surface area contributed by atoms with Crippen LogP contribution in [0.1, 0.15) is 102 Å². The van der Waals surface area contributed by atoms with Crippen molar-refractivity contribution in [3.05, 3.63) is 71.3 Å². The molecule has 16 heteroatoms. The molecule has 3 fully saturated rings. The highest BCUT2D eigenvalue weighted by atomic mass is 19.3. The Morgan fingerprint density at radius 1 is 0.949 bits per heavy atom. The van der Waals surface area contributed by atoms with Crippen LogP contribution < -0.4 is 15.8 Å². The van der Waals surface area contributed by atoms with Crippen LogP contribution in [0.4, 0.5) is 18.0 Å².